The van der Waals surface area contributed by atoms with Crippen LogP contribution in [0.1, 0.15) is 13.0 Å². The fraction of sp³-hybridized carbons (Fsp3) is 0.308. The van der Waals surface area contributed by atoms with Crippen molar-refractivity contribution in [3.63, 3.8) is 0 Å². The van der Waals surface area contributed by atoms with Crippen LogP contribution in [-0.2, 0) is 0 Å². The fourth-order valence-corrected chi connectivity index (χ4v) is 1.87. The van der Waals surface area contributed by atoms with Gasteiger partial charge in [-0.15, -0.1) is 0 Å². The van der Waals surface area contributed by atoms with E-state index in [4.69, 9.17) is 0 Å². The van der Waals surface area contributed by atoms with Crippen molar-refractivity contribution in [2.24, 2.45) is 0 Å². The third kappa shape index (κ3) is 2.14. The summed E-state index contributed by atoms with van der Waals surface area (Å²) in [7, 11) is 1.97. The van der Waals surface area contributed by atoms with Crippen LogP contribution in [0.15, 0.2) is 42.7 Å². The van der Waals surface area contributed by atoms with Crippen LogP contribution in [0.3, 0.4) is 0 Å². The Kier molecular flexibility index (Phi) is 3.37. The minimum absolute atomic E-state index is 0.405. The quantitative estimate of drug-likeness (QED) is 0.848. The Balaban J connectivity index is 2.33. The minimum Gasteiger partial charge on any atom is -0.327 e. The number of aromatic nitrogens is 2. The van der Waals surface area contributed by atoms with Crippen LogP contribution in [0.5, 0.6) is 0 Å². The van der Waals surface area contributed by atoms with E-state index in [1.54, 1.807) is 0 Å². The van der Waals surface area contributed by atoms with Crippen LogP contribution in [0.4, 0.5) is 0 Å². The molecule has 2 rings (SSSR count). The molecule has 16 heavy (non-hydrogen) atoms. The van der Waals surface area contributed by atoms with Gasteiger partial charge in [-0.1, -0.05) is 30.3 Å². The molecule has 0 spiro atoms. The van der Waals surface area contributed by atoms with Crippen molar-refractivity contribution in [3.05, 3.63) is 42.7 Å². The van der Waals surface area contributed by atoms with Gasteiger partial charge < -0.3 is 9.88 Å². The van der Waals surface area contributed by atoms with E-state index in [1.807, 2.05) is 37.6 Å². The van der Waals surface area contributed by atoms with E-state index in [9.17, 15) is 0 Å². The molecule has 3 nitrogen and oxygen atoms in total. The number of hydrogen-bond donors (Lipinski definition) is 1. The van der Waals surface area contributed by atoms with Gasteiger partial charge in [0.15, 0.2) is 0 Å². The summed E-state index contributed by atoms with van der Waals surface area (Å²) in [4.78, 5) is 4.42. The molecule has 0 aliphatic carbocycles. The first-order valence-electron chi connectivity index (χ1n) is 5.55. The molecule has 1 N–H and O–H groups in total. The smallest absolute Gasteiger partial charge is 0.140 e. The highest BCUT2D eigenvalue weighted by atomic mass is 15.1. The van der Waals surface area contributed by atoms with Crippen molar-refractivity contribution in [2.45, 2.75) is 13.0 Å². The molecular formula is C13H17N3. The second kappa shape index (κ2) is 4.94. The molecule has 0 aliphatic rings. The van der Waals surface area contributed by atoms with Crippen LogP contribution in [0, 0.1) is 0 Å². The molecule has 1 aromatic carbocycles. The molecule has 0 saturated heterocycles. The highest BCUT2D eigenvalue weighted by Crippen LogP contribution is 2.20. The molecule has 2 aromatic rings. The summed E-state index contributed by atoms with van der Waals surface area (Å²) < 4.78 is 2.20. The maximum Gasteiger partial charge on any atom is 0.140 e. The summed E-state index contributed by atoms with van der Waals surface area (Å²) in [6.07, 6.45) is 3.89. The maximum absolute atomic E-state index is 4.42. The molecule has 1 unspecified atom stereocenters. The molecule has 0 amide bonds. The summed E-state index contributed by atoms with van der Waals surface area (Å²) >= 11 is 0. The zero-order chi connectivity index (χ0) is 11.4. The summed E-state index contributed by atoms with van der Waals surface area (Å²) in [6, 6.07) is 10.7. The zero-order valence-corrected chi connectivity index (χ0v) is 9.72. The molecule has 0 saturated carbocycles. The van der Waals surface area contributed by atoms with Gasteiger partial charge in [0, 0.05) is 30.5 Å². The zero-order valence-electron chi connectivity index (χ0n) is 9.72. The molecule has 1 aromatic heterocycles. The van der Waals surface area contributed by atoms with Crippen LogP contribution in [-0.4, -0.2) is 23.1 Å². The Morgan fingerprint density at radius 3 is 2.75 bits per heavy atom. The molecule has 0 radical (unpaired) electrons. The summed E-state index contributed by atoms with van der Waals surface area (Å²) in [6.45, 7) is 3.13. The van der Waals surface area contributed by atoms with Gasteiger partial charge in [0.2, 0.25) is 0 Å². The normalized spacial score (nSPS) is 12.6. The lowest BCUT2D eigenvalue weighted by Gasteiger charge is -2.15. The Labute approximate surface area is 96.1 Å². The second-order valence-corrected chi connectivity index (χ2v) is 3.93. The van der Waals surface area contributed by atoms with Crippen molar-refractivity contribution in [1.82, 2.24) is 14.9 Å². The largest absolute Gasteiger partial charge is 0.327 e. The Morgan fingerprint density at radius 1 is 1.31 bits per heavy atom. The highest BCUT2D eigenvalue weighted by Gasteiger charge is 2.10. The van der Waals surface area contributed by atoms with Gasteiger partial charge in [0.1, 0.15) is 5.82 Å². The third-order valence-electron chi connectivity index (χ3n) is 2.68. The molecule has 1 heterocycles. The molecule has 84 valence electrons. The predicted octanol–water partition coefficient (Wildman–Crippen LogP) is 2.33. The lowest BCUT2D eigenvalue weighted by Crippen LogP contribution is -2.20. The van der Waals surface area contributed by atoms with E-state index in [0.717, 1.165) is 17.9 Å². The van der Waals surface area contributed by atoms with Gasteiger partial charge in [-0.25, -0.2) is 4.98 Å². The van der Waals surface area contributed by atoms with Gasteiger partial charge in [0.05, 0.1) is 0 Å². The van der Waals surface area contributed by atoms with E-state index < -0.39 is 0 Å². The topological polar surface area (TPSA) is 29.9 Å². The molecule has 1 atom stereocenters. The molecule has 0 bridgehead atoms. The number of rotatable bonds is 4. The number of nitrogens with one attached hydrogen (secondary N) is 1. The summed E-state index contributed by atoms with van der Waals surface area (Å²) in [5.41, 5.74) is 1.16. The number of nitrogens with zero attached hydrogens (tertiary/aromatic N) is 2. The van der Waals surface area contributed by atoms with E-state index in [0.29, 0.717) is 6.04 Å². The van der Waals surface area contributed by atoms with Crippen LogP contribution in [0.25, 0.3) is 11.4 Å². The SMILES string of the molecule is CNCC(C)n1ccnc1-c1ccccc1. The monoisotopic (exact) mass is 215 g/mol. The Morgan fingerprint density at radius 2 is 2.06 bits per heavy atom. The summed E-state index contributed by atoms with van der Waals surface area (Å²) in [5, 5.41) is 3.19. The first kappa shape index (κ1) is 10.9. The van der Waals surface area contributed by atoms with Crippen molar-refractivity contribution in [3.8, 4) is 11.4 Å². The van der Waals surface area contributed by atoms with Crippen molar-refractivity contribution in [2.75, 3.05) is 13.6 Å². The first-order valence-corrected chi connectivity index (χ1v) is 5.55. The molecular weight excluding hydrogens is 198 g/mol. The van der Waals surface area contributed by atoms with Crippen LogP contribution in [0.2, 0.25) is 0 Å². The number of imidazole rings is 1. The molecule has 3 heteroatoms. The number of benzene rings is 1. The van der Waals surface area contributed by atoms with Gasteiger partial charge in [0.25, 0.3) is 0 Å². The fourth-order valence-electron chi connectivity index (χ4n) is 1.87. The van der Waals surface area contributed by atoms with E-state index in [2.05, 4.69) is 33.9 Å². The standard InChI is InChI=1S/C13H17N3/c1-11(10-14-2)16-9-8-15-13(16)12-6-4-3-5-7-12/h3-9,11,14H,10H2,1-2H3. The average molecular weight is 215 g/mol. The van der Waals surface area contributed by atoms with Gasteiger partial charge in [-0.3, -0.25) is 0 Å². The van der Waals surface area contributed by atoms with E-state index in [1.165, 1.54) is 0 Å². The highest BCUT2D eigenvalue weighted by molar-refractivity contribution is 5.55. The van der Waals surface area contributed by atoms with E-state index in [-0.39, 0.29) is 0 Å². The van der Waals surface area contributed by atoms with Crippen molar-refractivity contribution >= 4 is 0 Å². The number of hydrogen-bond acceptors (Lipinski definition) is 2. The Bertz CT molecular complexity index is 433. The summed E-state index contributed by atoms with van der Waals surface area (Å²) in [5.74, 6) is 1.03. The minimum atomic E-state index is 0.405. The lowest BCUT2D eigenvalue weighted by molar-refractivity contribution is 0.522. The Hall–Kier alpha value is -1.61. The van der Waals surface area contributed by atoms with Gasteiger partial charge in [-0.2, -0.15) is 0 Å². The average Bonchev–Trinajstić information content (AvgIpc) is 2.79. The first-order chi connectivity index (χ1) is 7.83. The lowest BCUT2D eigenvalue weighted by atomic mass is 10.2. The van der Waals surface area contributed by atoms with E-state index >= 15 is 0 Å². The van der Waals surface area contributed by atoms with Gasteiger partial charge in [-0.05, 0) is 14.0 Å². The maximum atomic E-state index is 4.42. The molecule has 0 aliphatic heterocycles. The molecule has 0 fully saturated rings. The second-order valence-electron chi connectivity index (χ2n) is 3.93. The third-order valence-corrected chi connectivity index (χ3v) is 2.68. The number of likely N-dealkylation sites (N-methyl/N-ethyl adjacent to an activating group) is 1. The predicted molar refractivity (Wildman–Crippen MR) is 66.3 cm³/mol. The van der Waals surface area contributed by atoms with Crippen LogP contribution < -0.4 is 5.32 Å². The van der Waals surface area contributed by atoms with Gasteiger partial charge >= 0.3 is 0 Å². The van der Waals surface area contributed by atoms with Crippen LogP contribution >= 0.6 is 0 Å². The van der Waals surface area contributed by atoms with Crippen molar-refractivity contribution < 1.29 is 0 Å². The van der Waals surface area contributed by atoms with Crippen molar-refractivity contribution in [1.29, 1.82) is 0 Å².